The topological polar surface area (TPSA) is 38.3 Å². The van der Waals surface area contributed by atoms with E-state index < -0.39 is 0 Å². The molecule has 0 radical (unpaired) electrons. The van der Waals surface area contributed by atoms with Crippen LogP contribution in [-0.2, 0) is 0 Å². The molecule has 1 fully saturated rings. The standard InChI is InChI=1S/C15H21NO2/c1-11(2)18-14-7-3-12(4-8-14)15(17)9-10-16-13-5-6-13/h3-4,7-8,11,13,16H,5-6,9-10H2,1-2H3. The third-order valence-electron chi connectivity index (χ3n) is 2.91. The van der Waals surface area contributed by atoms with Crippen LogP contribution in [0.25, 0.3) is 0 Å². The van der Waals surface area contributed by atoms with Gasteiger partial charge in [-0.2, -0.15) is 0 Å². The number of rotatable bonds is 7. The van der Waals surface area contributed by atoms with Gasteiger partial charge in [0.15, 0.2) is 5.78 Å². The van der Waals surface area contributed by atoms with Crippen LogP contribution in [0.3, 0.4) is 0 Å². The molecular formula is C15H21NO2. The molecule has 1 aromatic carbocycles. The normalized spacial score (nSPS) is 14.8. The van der Waals surface area contributed by atoms with Crippen molar-refractivity contribution in [3.63, 3.8) is 0 Å². The summed E-state index contributed by atoms with van der Waals surface area (Å²) in [4.78, 5) is 11.9. The van der Waals surface area contributed by atoms with Gasteiger partial charge in [0.25, 0.3) is 0 Å². The van der Waals surface area contributed by atoms with Crippen LogP contribution >= 0.6 is 0 Å². The average molecular weight is 247 g/mol. The second kappa shape index (κ2) is 6.01. The number of hydrogen-bond acceptors (Lipinski definition) is 3. The fourth-order valence-corrected chi connectivity index (χ4v) is 1.81. The quantitative estimate of drug-likeness (QED) is 0.753. The average Bonchev–Trinajstić information content (AvgIpc) is 3.13. The Balaban J connectivity index is 1.81. The molecule has 0 aromatic heterocycles. The summed E-state index contributed by atoms with van der Waals surface area (Å²) in [6, 6.07) is 8.08. The van der Waals surface area contributed by atoms with Crippen molar-refractivity contribution in [1.29, 1.82) is 0 Å². The van der Waals surface area contributed by atoms with Crippen molar-refractivity contribution >= 4 is 5.78 Å². The summed E-state index contributed by atoms with van der Waals surface area (Å²) in [6.45, 7) is 4.76. The van der Waals surface area contributed by atoms with Crippen LogP contribution in [0.2, 0.25) is 0 Å². The van der Waals surface area contributed by atoms with Crippen LogP contribution in [0.5, 0.6) is 5.75 Å². The van der Waals surface area contributed by atoms with Gasteiger partial charge in [-0.15, -0.1) is 0 Å². The van der Waals surface area contributed by atoms with Gasteiger partial charge in [-0.05, 0) is 51.0 Å². The van der Waals surface area contributed by atoms with Crippen LogP contribution in [0.1, 0.15) is 43.5 Å². The van der Waals surface area contributed by atoms with Gasteiger partial charge in [-0.3, -0.25) is 4.79 Å². The van der Waals surface area contributed by atoms with Crippen molar-refractivity contribution in [3.8, 4) is 5.75 Å². The van der Waals surface area contributed by atoms with Gasteiger partial charge < -0.3 is 10.1 Å². The first-order valence-electron chi connectivity index (χ1n) is 6.68. The summed E-state index contributed by atoms with van der Waals surface area (Å²) >= 11 is 0. The summed E-state index contributed by atoms with van der Waals surface area (Å²) in [6.07, 6.45) is 3.25. The second-order valence-corrected chi connectivity index (χ2v) is 5.09. The summed E-state index contributed by atoms with van der Waals surface area (Å²) < 4.78 is 5.55. The van der Waals surface area contributed by atoms with Crippen molar-refractivity contribution in [1.82, 2.24) is 5.32 Å². The Kier molecular flexibility index (Phi) is 4.37. The van der Waals surface area contributed by atoms with Crippen LogP contribution in [0.15, 0.2) is 24.3 Å². The number of carbonyl (C=O) groups is 1. The third kappa shape index (κ3) is 4.15. The van der Waals surface area contributed by atoms with Crippen molar-refractivity contribution in [3.05, 3.63) is 29.8 Å². The van der Waals surface area contributed by atoms with E-state index in [4.69, 9.17) is 4.74 Å². The number of benzene rings is 1. The third-order valence-corrected chi connectivity index (χ3v) is 2.91. The molecule has 0 aliphatic heterocycles. The highest BCUT2D eigenvalue weighted by Gasteiger charge is 2.20. The lowest BCUT2D eigenvalue weighted by atomic mass is 10.1. The highest BCUT2D eigenvalue weighted by atomic mass is 16.5. The molecular weight excluding hydrogens is 226 g/mol. The highest BCUT2D eigenvalue weighted by molar-refractivity contribution is 5.96. The van der Waals surface area contributed by atoms with E-state index in [1.54, 1.807) is 0 Å². The Bertz CT molecular complexity index is 393. The molecule has 3 heteroatoms. The number of ketones is 1. The van der Waals surface area contributed by atoms with E-state index in [1.165, 1.54) is 12.8 Å². The van der Waals surface area contributed by atoms with Gasteiger partial charge in [0.1, 0.15) is 5.75 Å². The van der Waals surface area contributed by atoms with Crippen LogP contribution in [0.4, 0.5) is 0 Å². The Hall–Kier alpha value is -1.35. The zero-order valence-electron chi connectivity index (χ0n) is 11.1. The number of carbonyl (C=O) groups excluding carboxylic acids is 1. The molecule has 1 N–H and O–H groups in total. The lowest BCUT2D eigenvalue weighted by molar-refractivity contribution is 0.0982. The molecule has 2 rings (SSSR count). The summed E-state index contributed by atoms with van der Waals surface area (Å²) in [5, 5.41) is 3.35. The maximum atomic E-state index is 11.9. The Morgan fingerprint density at radius 2 is 2.00 bits per heavy atom. The van der Waals surface area contributed by atoms with E-state index in [2.05, 4.69) is 5.32 Å². The van der Waals surface area contributed by atoms with Gasteiger partial charge >= 0.3 is 0 Å². The number of ether oxygens (including phenoxy) is 1. The fourth-order valence-electron chi connectivity index (χ4n) is 1.81. The zero-order valence-corrected chi connectivity index (χ0v) is 11.1. The summed E-state index contributed by atoms with van der Waals surface area (Å²) in [5.41, 5.74) is 0.767. The minimum Gasteiger partial charge on any atom is -0.491 e. The molecule has 3 nitrogen and oxygen atoms in total. The number of hydrogen-bond donors (Lipinski definition) is 1. The van der Waals surface area contributed by atoms with E-state index in [1.807, 2.05) is 38.1 Å². The molecule has 98 valence electrons. The first kappa shape index (κ1) is 13.1. The maximum Gasteiger partial charge on any atom is 0.164 e. The molecule has 0 atom stereocenters. The molecule has 0 heterocycles. The SMILES string of the molecule is CC(C)Oc1ccc(C(=O)CCNC2CC2)cc1. The number of nitrogens with one attached hydrogen (secondary N) is 1. The maximum absolute atomic E-state index is 11.9. The van der Waals surface area contributed by atoms with E-state index in [-0.39, 0.29) is 11.9 Å². The molecule has 1 aliphatic carbocycles. The predicted octanol–water partition coefficient (Wildman–Crippen LogP) is 2.80. The van der Waals surface area contributed by atoms with Crippen LogP contribution in [0, 0.1) is 0 Å². The van der Waals surface area contributed by atoms with E-state index in [9.17, 15) is 4.79 Å². The molecule has 0 unspecified atom stereocenters. The van der Waals surface area contributed by atoms with Gasteiger partial charge in [0.2, 0.25) is 0 Å². The molecule has 1 saturated carbocycles. The smallest absolute Gasteiger partial charge is 0.164 e. The van der Waals surface area contributed by atoms with E-state index >= 15 is 0 Å². The lowest BCUT2D eigenvalue weighted by Gasteiger charge is -2.09. The van der Waals surface area contributed by atoms with Crippen molar-refractivity contribution < 1.29 is 9.53 Å². The van der Waals surface area contributed by atoms with Crippen molar-refractivity contribution in [2.75, 3.05) is 6.54 Å². The Morgan fingerprint density at radius 1 is 1.33 bits per heavy atom. The summed E-state index contributed by atoms with van der Waals surface area (Å²) in [7, 11) is 0. The minimum atomic E-state index is 0.161. The van der Waals surface area contributed by atoms with Gasteiger partial charge in [-0.25, -0.2) is 0 Å². The van der Waals surface area contributed by atoms with Crippen molar-refractivity contribution in [2.45, 2.75) is 45.3 Å². The molecule has 0 spiro atoms. The van der Waals surface area contributed by atoms with Gasteiger partial charge in [0, 0.05) is 24.6 Å². The van der Waals surface area contributed by atoms with Crippen LogP contribution in [-0.4, -0.2) is 24.5 Å². The minimum absolute atomic E-state index is 0.161. The largest absolute Gasteiger partial charge is 0.491 e. The lowest BCUT2D eigenvalue weighted by Crippen LogP contribution is -2.20. The van der Waals surface area contributed by atoms with Gasteiger partial charge in [-0.1, -0.05) is 0 Å². The molecule has 0 amide bonds. The predicted molar refractivity (Wildman–Crippen MR) is 72.2 cm³/mol. The molecule has 1 aromatic rings. The first-order chi connectivity index (χ1) is 8.65. The van der Waals surface area contributed by atoms with E-state index in [0.29, 0.717) is 12.5 Å². The van der Waals surface area contributed by atoms with E-state index in [0.717, 1.165) is 17.9 Å². The van der Waals surface area contributed by atoms with Crippen LogP contribution < -0.4 is 10.1 Å². The molecule has 18 heavy (non-hydrogen) atoms. The monoisotopic (exact) mass is 247 g/mol. The van der Waals surface area contributed by atoms with Crippen molar-refractivity contribution in [2.24, 2.45) is 0 Å². The zero-order chi connectivity index (χ0) is 13.0. The Labute approximate surface area is 109 Å². The summed E-state index contributed by atoms with van der Waals surface area (Å²) in [5.74, 6) is 1.01. The molecule has 1 aliphatic rings. The Morgan fingerprint density at radius 3 is 2.56 bits per heavy atom. The second-order valence-electron chi connectivity index (χ2n) is 5.09. The highest BCUT2D eigenvalue weighted by Crippen LogP contribution is 2.19. The molecule has 0 saturated heterocycles. The molecule has 0 bridgehead atoms. The fraction of sp³-hybridized carbons (Fsp3) is 0.533. The van der Waals surface area contributed by atoms with Gasteiger partial charge in [0.05, 0.1) is 6.10 Å². The first-order valence-corrected chi connectivity index (χ1v) is 6.68. The number of Topliss-reactive ketones (excluding diaryl/α,β-unsaturated/α-hetero) is 1.